The third-order valence-electron chi connectivity index (χ3n) is 7.34. The largest absolute Gasteiger partial charge is 0.481 e. The summed E-state index contributed by atoms with van der Waals surface area (Å²) in [5.74, 6) is -0.560. The van der Waals surface area contributed by atoms with Crippen molar-refractivity contribution in [2.45, 2.75) is 37.8 Å². The van der Waals surface area contributed by atoms with Gasteiger partial charge in [0.15, 0.2) is 5.76 Å². The van der Waals surface area contributed by atoms with Crippen LogP contribution in [-0.4, -0.2) is 28.1 Å². The first-order chi connectivity index (χ1) is 18.8. The third-order valence-corrected chi connectivity index (χ3v) is 7.56. The van der Waals surface area contributed by atoms with Gasteiger partial charge in [-0.15, -0.1) is 0 Å². The number of dihydropyridines is 1. The first kappa shape index (κ1) is 25.1. The van der Waals surface area contributed by atoms with Gasteiger partial charge in [0, 0.05) is 22.6 Å². The summed E-state index contributed by atoms with van der Waals surface area (Å²) in [4.78, 5) is 16.4. The lowest BCUT2D eigenvalue weighted by Gasteiger charge is -2.19. The van der Waals surface area contributed by atoms with Gasteiger partial charge < -0.3 is 14.9 Å². The van der Waals surface area contributed by atoms with Gasteiger partial charge >= 0.3 is 5.97 Å². The van der Waals surface area contributed by atoms with Crippen LogP contribution in [0.1, 0.15) is 36.1 Å². The molecule has 1 unspecified atom stereocenters. The van der Waals surface area contributed by atoms with Crippen molar-refractivity contribution in [2.24, 2.45) is 4.99 Å². The van der Waals surface area contributed by atoms with Crippen LogP contribution in [0, 0.1) is 12.7 Å². The number of nitrogens with one attached hydrogen (secondary N) is 1. The summed E-state index contributed by atoms with van der Waals surface area (Å²) in [6, 6.07) is 20.1. The molecule has 0 radical (unpaired) electrons. The zero-order valence-corrected chi connectivity index (χ0v) is 21.9. The van der Waals surface area contributed by atoms with Crippen LogP contribution >= 0.6 is 11.6 Å². The number of aliphatic carboxylic acids is 1. The fraction of sp³-hybridized carbons (Fsp3) is 0.194. The Bertz CT molecular complexity index is 1600. The summed E-state index contributed by atoms with van der Waals surface area (Å²) in [5.41, 5.74) is 5.72. The number of aromatic nitrogens is 1. The van der Waals surface area contributed by atoms with E-state index in [1.54, 1.807) is 6.07 Å². The van der Waals surface area contributed by atoms with Crippen molar-refractivity contribution in [3.05, 3.63) is 107 Å². The fourth-order valence-electron chi connectivity index (χ4n) is 4.99. The number of carboxylic acid groups (broad SMARTS) is 1. The Hall–Kier alpha value is -4.23. The SMILES string of the molecule is Cc1noc(-c2ccc(-c3ccc(C4(C(=O)O)CC4)cc3)cc2)c1NC1CC=CC(c2cc(F)cc(Cl)c2)=N1. The molecule has 0 amide bonds. The van der Waals surface area contributed by atoms with Gasteiger partial charge in [-0.2, -0.15) is 0 Å². The molecule has 3 aromatic carbocycles. The van der Waals surface area contributed by atoms with Crippen LogP contribution in [0.3, 0.4) is 0 Å². The fourth-order valence-corrected chi connectivity index (χ4v) is 5.21. The number of hydrogen-bond donors (Lipinski definition) is 2. The minimum atomic E-state index is -0.754. The molecule has 6 nitrogen and oxygen atoms in total. The van der Waals surface area contributed by atoms with Crippen molar-refractivity contribution < 1.29 is 18.8 Å². The Morgan fingerprint density at radius 1 is 1.03 bits per heavy atom. The molecule has 2 aliphatic rings. The molecule has 1 fully saturated rings. The topological polar surface area (TPSA) is 87.7 Å². The number of halogens is 2. The van der Waals surface area contributed by atoms with E-state index in [0.717, 1.165) is 27.9 Å². The maximum absolute atomic E-state index is 13.9. The summed E-state index contributed by atoms with van der Waals surface area (Å²) < 4.78 is 19.6. The highest BCUT2D eigenvalue weighted by Crippen LogP contribution is 2.48. The second-order valence-corrected chi connectivity index (χ2v) is 10.4. The average molecular weight is 542 g/mol. The van der Waals surface area contributed by atoms with Crippen LogP contribution in [-0.2, 0) is 10.2 Å². The third kappa shape index (κ3) is 4.86. The molecule has 4 aromatic rings. The van der Waals surface area contributed by atoms with Gasteiger partial charge in [-0.25, -0.2) is 4.39 Å². The Labute approximate surface area is 229 Å². The number of rotatable bonds is 7. The smallest absolute Gasteiger partial charge is 0.314 e. The van der Waals surface area contributed by atoms with Crippen molar-refractivity contribution in [1.29, 1.82) is 0 Å². The average Bonchev–Trinajstić information content (AvgIpc) is 3.68. The zero-order valence-electron chi connectivity index (χ0n) is 21.1. The first-order valence-electron chi connectivity index (χ1n) is 12.7. The molecule has 1 saturated carbocycles. The molecule has 1 aliphatic carbocycles. The van der Waals surface area contributed by atoms with E-state index in [2.05, 4.69) is 10.5 Å². The summed E-state index contributed by atoms with van der Waals surface area (Å²) in [7, 11) is 0. The Kier molecular flexibility index (Phi) is 6.31. The van der Waals surface area contributed by atoms with Crippen LogP contribution in [0.5, 0.6) is 0 Å². The molecule has 2 N–H and O–H groups in total. The highest BCUT2D eigenvalue weighted by molar-refractivity contribution is 6.31. The van der Waals surface area contributed by atoms with E-state index < -0.39 is 17.2 Å². The van der Waals surface area contributed by atoms with E-state index in [0.29, 0.717) is 47.0 Å². The predicted molar refractivity (Wildman–Crippen MR) is 150 cm³/mol. The molecular weight excluding hydrogens is 517 g/mol. The predicted octanol–water partition coefficient (Wildman–Crippen LogP) is 7.41. The second kappa shape index (κ2) is 9.82. The number of nitrogens with zero attached hydrogens (tertiary/aromatic N) is 2. The maximum Gasteiger partial charge on any atom is 0.314 e. The summed E-state index contributed by atoms with van der Waals surface area (Å²) >= 11 is 6.04. The molecule has 8 heteroatoms. The molecule has 0 spiro atoms. The van der Waals surface area contributed by atoms with Gasteiger partial charge in [-0.1, -0.05) is 71.4 Å². The van der Waals surface area contributed by atoms with Crippen LogP contribution in [0.4, 0.5) is 10.1 Å². The number of allylic oxidation sites excluding steroid dienone is 1. The van der Waals surface area contributed by atoms with Gasteiger partial charge in [0.05, 0.1) is 11.1 Å². The minimum Gasteiger partial charge on any atom is -0.481 e. The molecule has 1 aromatic heterocycles. The number of carboxylic acids is 1. The highest BCUT2D eigenvalue weighted by Gasteiger charge is 2.51. The van der Waals surface area contributed by atoms with E-state index in [-0.39, 0.29) is 6.17 Å². The van der Waals surface area contributed by atoms with Crippen molar-refractivity contribution in [1.82, 2.24) is 5.16 Å². The highest BCUT2D eigenvalue weighted by atomic mass is 35.5. The van der Waals surface area contributed by atoms with Gasteiger partial charge in [0.1, 0.15) is 23.4 Å². The normalized spacial score (nSPS) is 17.5. The summed E-state index contributed by atoms with van der Waals surface area (Å²) in [5, 5.41) is 17.5. The molecule has 6 rings (SSSR count). The van der Waals surface area contributed by atoms with E-state index in [1.807, 2.05) is 67.6 Å². The van der Waals surface area contributed by atoms with Gasteiger partial charge in [0.2, 0.25) is 0 Å². The van der Waals surface area contributed by atoms with Gasteiger partial charge in [-0.3, -0.25) is 9.79 Å². The quantitative estimate of drug-likeness (QED) is 0.254. The van der Waals surface area contributed by atoms with Gasteiger partial charge in [-0.05, 0) is 60.7 Å². The number of hydrogen-bond acceptors (Lipinski definition) is 5. The van der Waals surface area contributed by atoms with Crippen LogP contribution in [0.25, 0.3) is 22.5 Å². The Morgan fingerprint density at radius 2 is 1.69 bits per heavy atom. The van der Waals surface area contributed by atoms with Crippen molar-refractivity contribution in [3.8, 4) is 22.5 Å². The molecule has 0 saturated heterocycles. The first-order valence-corrected chi connectivity index (χ1v) is 13.1. The number of carbonyl (C=O) groups is 1. The van der Waals surface area contributed by atoms with Crippen LogP contribution in [0.15, 0.2) is 88.4 Å². The van der Waals surface area contributed by atoms with Crippen molar-refractivity contribution in [3.63, 3.8) is 0 Å². The number of anilines is 1. The Morgan fingerprint density at radius 3 is 2.33 bits per heavy atom. The van der Waals surface area contributed by atoms with Crippen LogP contribution in [0.2, 0.25) is 5.02 Å². The van der Waals surface area contributed by atoms with Crippen LogP contribution < -0.4 is 5.32 Å². The molecule has 39 heavy (non-hydrogen) atoms. The Balaban J connectivity index is 1.22. The lowest BCUT2D eigenvalue weighted by molar-refractivity contribution is -0.140. The van der Waals surface area contributed by atoms with E-state index in [4.69, 9.17) is 21.1 Å². The minimum absolute atomic E-state index is 0.290. The van der Waals surface area contributed by atoms with E-state index >= 15 is 0 Å². The van der Waals surface area contributed by atoms with Crippen molar-refractivity contribution >= 4 is 29.0 Å². The van der Waals surface area contributed by atoms with E-state index in [9.17, 15) is 14.3 Å². The monoisotopic (exact) mass is 541 g/mol. The maximum atomic E-state index is 13.9. The van der Waals surface area contributed by atoms with Gasteiger partial charge in [0.25, 0.3) is 0 Å². The molecule has 196 valence electrons. The number of aliphatic imine (C=N–C) groups is 1. The summed E-state index contributed by atoms with van der Waals surface area (Å²) in [6.45, 7) is 1.87. The van der Waals surface area contributed by atoms with Crippen molar-refractivity contribution in [2.75, 3.05) is 5.32 Å². The molecule has 1 atom stereocenters. The zero-order chi connectivity index (χ0) is 27.1. The lowest BCUT2D eigenvalue weighted by Crippen LogP contribution is -2.21. The second-order valence-electron chi connectivity index (χ2n) is 9.98. The molecular formula is C31H25ClFN3O3. The number of aryl methyl sites for hydroxylation is 1. The van der Waals surface area contributed by atoms with E-state index in [1.165, 1.54) is 12.1 Å². The molecule has 2 heterocycles. The number of benzene rings is 3. The molecule has 0 bridgehead atoms. The summed E-state index contributed by atoms with van der Waals surface area (Å²) in [6.07, 6.45) is 5.58. The standard InChI is InChI=1S/C31H25ClFN3O3/c1-18-28(35-27-4-2-3-26(34-27)22-15-24(32)17-25(33)16-22)29(39-36-18)21-7-5-19(6-8-21)20-9-11-23(12-10-20)31(13-14-31)30(37)38/h2-3,5-12,15-17,27,35H,4,13-14H2,1H3,(H,37,38). The molecule has 1 aliphatic heterocycles. The lowest BCUT2D eigenvalue weighted by atomic mass is 9.93.